The van der Waals surface area contributed by atoms with Gasteiger partial charge in [-0.1, -0.05) is 42.5 Å². The smallest absolute Gasteiger partial charge is 0.418 e. The second-order valence-corrected chi connectivity index (χ2v) is 8.44. The third kappa shape index (κ3) is 4.53. The summed E-state index contributed by atoms with van der Waals surface area (Å²) in [5, 5.41) is 3.00. The fourth-order valence-electron chi connectivity index (χ4n) is 4.43. The van der Waals surface area contributed by atoms with E-state index in [0.29, 0.717) is 25.9 Å². The summed E-state index contributed by atoms with van der Waals surface area (Å²) in [5.41, 5.74) is 0.148. The van der Waals surface area contributed by atoms with E-state index >= 15 is 0 Å². The quantitative estimate of drug-likeness (QED) is 0.614. The summed E-state index contributed by atoms with van der Waals surface area (Å²) >= 11 is 5.38. The van der Waals surface area contributed by atoms with Crippen molar-refractivity contribution in [3.63, 3.8) is 0 Å². The molecule has 0 spiro atoms. The van der Waals surface area contributed by atoms with Gasteiger partial charge in [0.05, 0.1) is 17.3 Å². The number of nitrogens with zero attached hydrogens (tertiary/aromatic N) is 2. The molecular weight excluding hydrogens is 439 g/mol. The van der Waals surface area contributed by atoms with Crippen molar-refractivity contribution in [2.75, 3.05) is 18.4 Å². The average Bonchev–Trinajstić information content (AvgIpc) is 3.08. The van der Waals surface area contributed by atoms with Gasteiger partial charge in [0.1, 0.15) is 6.10 Å². The molecule has 2 aliphatic heterocycles. The number of halogens is 3. The van der Waals surface area contributed by atoms with Crippen LogP contribution in [0, 0.1) is 0 Å². The minimum atomic E-state index is -4.46. The van der Waals surface area contributed by atoms with Gasteiger partial charge in [0.2, 0.25) is 0 Å². The minimum absolute atomic E-state index is 0.00674. The van der Waals surface area contributed by atoms with E-state index in [2.05, 4.69) is 5.32 Å². The van der Waals surface area contributed by atoms with Crippen LogP contribution < -0.4 is 5.32 Å². The first-order valence-corrected chi connectivity index (χ1v) is 10.9. The van der Waals surface area contributed by atoms with E-state index in [0.717, 1.165) is 11.6 Å². The Morgan fingerprint density at radius 3 is 2.34 bits per heavy atom. The largest absolute Gasteiger partial charge is 0.439 e. The molecule has 0 aromatic heterocycles. The van der Waals surface area contributed by atoms with Gasteiger partial charge in [0.25, 0.3) is 0 Å². The van der Waals surface area contributed by atoms with E-state index in [1.807, 2.05) is 42.2 Å². The van der Waals surface area contributed by atoms with E-state index in [9.17, 15) is 18.0 Å². The van der Waals surface area contributed by atoms with Crippen LogP contribution in [0.1, 0.15) is 37.0 Å². The zero-order valence-electron chi connectivity index (χ0n) is 17.5. The van der Waals surface area contributed by atoms with Crippen molar-refractivity contribution >= 4 is 29.1 Å². The van der Waals surface area contributed by atoms with Crippen molar-refractivity contribution < 1.29 is 22.7 Å². The SMILES string of the molecule is C[C@@H]1[C@H](c2ccccc2)OC(=O)N1C1CCN(C(=S)Nc2ccccc2C(F)(F)F)CC1. The highest BCUT2D eigenvalue weighted by Gasteiger charge is 2.44. The molecule has 2 heterocycles. The van der Waals surface area contributed by atoms with Crippen LogP contribution >= 0.6 is 12.2 Å². The Hall–Kier alpha value is -2.81. The predicted molar refractivity (Wildman–Crippen MR) is 119 cm³/mol. The van der Waals surface area contributed by atoms with Crippen LogP contribution in [0.3, 0.4) is 0 Å². The number of cyclic esters (lactones) is 1. The Morgan fingerprint density at radius 2 is 1.69 bits per heavy atom. The van der Waals surface area contributed by atoms with Gasteiger partial charge in [-0.3, -0.25) is 4.90 Å². The van der Waals surface area contributed by atoms with Crippen LogP contribution in [0.4, 0.5) is 23.7 Å². The monoisotopic (exact) mass is 463 g/mol. The van der Waals surface area contributed by atoms with E-state index in [-0.39, 0.29) is 35.1 Å². The van der Waals surface area contributed by atoms with Crippen molar-refractivity contribution in [3.8, 4) is 0 Å². The number of para-hydroxylation sites is 1. The van der Waals surface area contributed by atoms with Crippen LogP contribution in [0.25, 0.3) is 0 Å². The van der Waals surface area contributed by atoms with Crippen LogP contribution in [0.15, 0.2) is 54.6 Å². The lowest BCUT2D eigenvalue weighted by Crippen LogP contribution is -2.50. The van der Waals surface area contributed by atoms with Crippen LogP contribution in [-0.2, 0) is 10.9 Å². The molecule has 2 aromatic rings. The number of carbonyl (C=O) groups excluding carboxylic acids is 1. The molecule has 2 aliphatic rings. The highest BCUT2D eigenvalue weighted by atomic mass is 32.1. The molecule has 0 radical (unpaired) electrons. The van der Waals surface area contributed by atoms with E-state index in [1.165, 1.54) is 18.2 Å². The topological polar surface area (TPSA) is 44.8 Å². The summed E-state index contributed by atoms with van der Waals surface area (Å²) in [7, 11) is 0. The summed E-state index contributed by atoms with van der Waals surface area (Å²) in [6.45, 7) is 3.06. The summed E-state index contributed by atoms with van der Waals surface area (Å²) in [6.07, 6.45) is -3.80. The molecule has 2 atom stereocenters. The zero-order chi connectivity index (χ0) is 22.9. The molecule has 0 bridgehead atoms. The molecule has 4 rings (SSSR count). The molecule has 9 heteroatoms. The third-order valence-corrected chi connectivity index (χ3v) is 6.42. The molecule has 32 heavy (non-hydrogen) atoms. The number of hydrogen-bond acceptors (Lipinski definition) is 3. The van der Waals surface area contributed by atoms with Crippen LogP contribution in [0.5, 0.6) is 0 Å². The molecule has 0 unspecified atom stereocenters. The second-order valence-electron chi connectivity index (χ2n) is 8.05. The number of amides is 1. The Labute approximate surface area is 190 Å². The van der Waals surface area contributed by atoms with Crippen molar-refractivity contribution in [1.82, 2.24) is 9.80 Å². The maximum Gasteiger partial charge on any atom is 0.418 e. The molecule has 2 aromatic carbocycles. The van der Waals surface area contributed by atoms with Gasteiger partial charge in [-0.05, 0) is 49.7 Å². The van der Waals surface area contributed by atoms with Crippen molar-refractivity contribution in [3.05, 3.63) is 65.7 Å². The Balaban J connectivity index is 1.37. The first-order chi connectivity index (χ1) is 15.3. The lowest BCUT2D eigenvalue weighted by atomic mass is 9.98. The standard InChI is InChI=1S/C23H24F3N3O2S/c1-15-20(16-7-3-2-4-8-16)31-22(30)29(15)17-11-13-28(14-12-17)21(32)27-19-10-6-5-9-18(19)23(24,25)26/h2-10,15,17,20H,11-14H2,1H3,(H,27,32)/t15-,20-/m1/s1. The number of carbonyl (C=O) groups is 1. The molecule has 0 aliphatic carbocycles. The van der Waals surface area contributed by atoms with Crippen LogP contribution in [0.2, 0.25) is 0 Å². The first kappa shape index (κ1) is 22.4. The summed E-state index contributed by atoms with van der Waals surface area (Å²) < 4.78 is 45.4. The van der Waals surface area contributed by atoms with Gasteiger partial charge in [-0.25, -0.2) is 4.79 Å². The van der Waals surface area contributed by atoms with Gasteiger partial charge < -0.3 is 15.0 Å². The molecule has 1 N–H and O–H groups in total. The van der Waals surface area contributed by atoms with Crippen molar-refractivity contribution in [2.24, 2.45) is 0 Å². The third-order valence-electron chi connectivity index (χ3n) is 6.06. The van der Waals surface area contributed by atoms with Crippen molar-refractivity contribution in [2.45, 2.75) is 44.1 Å². The number of thiocarbonyl (C=S) groups is 1. The summed E-state index contributed by atoms with van der Waals surface area (Å²) in [4.78, 5) is 16.2. The fraction of sp³-hybridized carbons (Fsp3) is 0.391. The number of alkyl halides is 3. The van der Waals surface area contributed by atoms with Gasteiger partial charge in [-0.15, -0.1) is 0 Å². The Morgan fingerprint density at radius 1 is 1.06 bits per heavy atom. The number of ether oxygens (including phenoxy) is 1. The van der Waals surface area contributed by atoms with Gasteiger partial charge in [0.15, 0.2) is 5.11 Å². The Kier molecular flexibility index (Phi) is 6.28. The number of likely N-dealkylation sites (tertiary alicyclic amines) is 1. The zero-order valence-corrected chi connectivity index (χ0v) is 18.3. The summed E-state index contributed by atoms with van der Waals surface area (Å²) in [5.74, 6) is 0. The van der Waals surface area contributed by atoms with E-state index in [1.54, 1.807) is 4.90 Å². The molecular formula is C23H24F3N3O2S. The average molecular weight is 464 g/mol. The number of hydrogen-bond donors (Lipinski definition) is 1. The minimum Gasteiger partial charge on any atom is -0.439 e. The molecule has 2 fully saturated rings. The number of rotatable bonds is 3. The maximum atomic E-state index is 13.2. The number of anilines is 1. The number of piperidine rings is 1. The first-order valence-electron chi connectivity index (χ1n) is 10.5. The molecule has 170 valence electrons. The predicted octanol–water partition coefficient (Wildman–Crippen LogP) is 5.45. The lowest BCUT2D eigenvalue weighted by molar-refractivity contribution is -0.136. The van der Waals surface area contributed by atoms with Gasteiger partial charge in [0, 0.05) is 19.1 Å². The molecule has 2 saturated heterocycles. The van der Waals surface area contributed by atoms with Gasteiger partial charge >= 0.3 is 12.3 Å². The molecule has 0 saturated carbocycles. The highest BCUT2D eigenvalue weighted by molar-refractivity contribution is 7.80. The van der Waals surface area contributed by atoms with Gasteiger partial charge in [-0.2, -0.15) is 13.2 Å². The van der Waals surface area contributed by atoms with E-state index in [4.69, 9.17) is 17.0 Å². The lowest BCUT2D eigenvalue weighted by Gasteiger charge is -2.38. The van der Waals surface area contributed by atoms with Crippen LogP contribution in [-0.4, -0.2) is 46.2 Å². The number of nitrogens with one attached hydrogen (secondary N) is 1. The fourth-order valence-corrected chi connectivity index (χ4v) is 4.72. The normalized spacial score (nSPS) is 22.1. The number of benzene rings is 2. The maximum absolute atomic E-state index is 13.2. The highest BCUT2D eigenvalue weighted by Crippen LogP contribution is 2.37. The van der Waals surface area contributed by atoms with E-state index < -0.39 is 11.7 Å². The molecule has 1 amide bonds. The van der Waals surface area contributed by atoms with Crippen molar-refractivity contribution in [1.29, 1.82) is 0 Å². The summed E-state index contributed by atoms with van der Waals surface area (Å²) in [6, 6.07) is 14.8. The molecule has 5 nitrogen and oxygen atoms in total. The Bertz CT molecular complexity index is 978. The second kappa shape index (κ2) is 8.97.